The minimum atomic E-state index is -1.50. The van der Waals surface area contributed by atoms with Gasteiger partial charge in [-0.2, -0.15) is 0 Å². The Kier molecular flexibility index (Phi) is 69.6. The molecule has 7 heavy (non-hydrogen) atoms. The van der Waals surface area contributed by atoms with E-state index in [0.29, 0.717) is 0 Å². The van der Waals surface area contributed by atoms with Gasteiger partial charge in [0.05, 0.1) is 0 Å². The van der Waals surface area contributed by atoms with E-state index in [2.05, 4.69) is 0 Å². The molecule has 0 aliphatic heterocycles. The molecular weight excluding hydrogens is 198 g/mol. The maximum absolute atomic E-state index is 8.36. The maximum Gasteiger partial charge on any atom is 0.291 e. The van der Waals surface area contributed by atoms with E-state index in [1.54, 1.807) is 0 Å². The summed E-state index contributed by atoms with van der Waals surface area (Å²) < 4.78 is 0. The van der Waals surface area contributed by atoms with Crippen LogP contribution in [0.25, 0.3) is 12.3 Å². The predicted octanol–water partition coefficient (Wildman–Crippen LogP) is 1.08. The van der Waals surface area contributed by atoms with Gasteiger partial charge in [0.15, 0.2) is 0 Å². The molecule has 0 saturated heterocycles. The Morgan fingerprint density at radius 2 is 1.43 bits per heavy atom. The second-order valence-electron chi connectivity index (χ2n) is 0.238. The Morgan fingerprint density at radius 1 is 1.43 bits per heavy atom. The van der Waals surface area contributed by atoms with Gasteiger partial charge in [0, 0.05) is 22.4 Å². The monoisotopic (exact) mass is 202 g/mol. The van der Waals surface area contributed by atoms with Crippen LogP contribution in [0.4, 0.5) is 0 Å². The first-order valence-corrected chi connectivity index (χ1v) is 0.565. The summed E-state index contributed by atoms with van der Waals surface area (Å²) in [6.45, 7) is 0. The van der Waals surface area contributed by atoms with Crippen molar-refractivity contribution in [1.82, 2.24) is 0 Å². The first-order chi connectivity index (χ1) is 1.73. The third kappa shape index (κ3) is 4470. The Labute approximate surface area is 55.7 Å². The van der Waals surface area contributed by atoms with Gasteiger partial charge in [-0.3, -0.25) is 0 Å². The zero-order valence-electron chi connectivity index (χ0n) is 3.17. The molecule has 0 aliphatic rings. The summed E-state index contributed by atoms with van der Waals surface area (Å²) in [5, 5.41) is 13.6. The molecule has 0 saturated carbocycles. The molecule has 0 bridgehead atoms. The van der Waals surface area contributed by atoms with Crippen molar-refractivity contribution in [2.75, 3.05) is 0 Å². The molecule has 6 nitrogen and oxygen atoms in total. The van der Waals surface area contributed by atoms with Crippen LogP contribution in [0.5, 0.6) is 0 Å². The third-order valence-corrected chi connectivity index (χ3v) is 0. The van der Waals surface area contributed by atoms with Gasteiger partial charge in [-0.1, -0.05) is 0 Å². The maximum atomic E-state index is 8.36. The summed E-state index contributed by atoms with van der Waals surface area (Å²) in [5.74, 6) is 0. The molecule has 1 radical (unpaired) electrons. The molecule has 0 spiro atoms. The van der Waals surface area contributed by atoms with E-state index < -0.39 is 5.09 Å². The van der Waals surface area contributed by atoms with Gasteiger partial charge < -0.3 is 17.5 Å². The van der Waals surface area contributed by atoms with Crippen molar-refractivity contribution in [3.05, 3.63) is 22.4 Å². The molecule has 0 fully saturated rings. The fourth-order valence-corrected chi connectivity index (χ4v) is 0. The Balaban J connectivity index is -0.0000000150. The third-order valence-electron chi connectivity index (χ3n) is 0. The molecule has 0 unspecified atom stereocenters. The van der Waals surface area contributed by atoms with Crippen LogP contribution in [0, 0.1) is 10.1 Å². The summed E-state index contributed by atoms with van der Waals surface area (Å²) in [7, 11) is 0. The summed E-state index contributed by atoms with van der Waals surface area (Å²) in [6, 6.07) is 0. The van der Waals surface area contributed by atoms with Crippen molar-refractivity contribution in [3.8, 4) is 0 Å². The SMILES string of the molecule is O=[N+]([O-])O.[Ag].[NH2-].[NH2-]. The van der Waals surface area contributed by atoms with Crippen molar-refractivity contribution in [3.63, 3.8) is 0 Å². The van der Waals surface area contributed by atoms with Crippen LogP contribution < -0.4 is 0 Å². The molecule has 0 rings (SSSR count). The Hall–Kier alpha value is -0.140. The van der Waals surface area contributed by atoms with E-state index in [4.69, 9.17) is 15.3 Å². The van der Waals surface area contributed by atoms with E-state index in [0.717, 1.165) is 0 Å². The quantitative estimate of drug-likeness (QED) is 0.358. The average Bonchev–Trinajstić information content (AvgIpc) is 0.811. The van der Waals surface area contributed by atoms with Gasteiger partial charge in [-0.25, -0.2) is 0 Å². The summed E-state index contributed by atoms with van der Waals surface area (Å²) in [6.07, 6.45) is 0. The van der Waals surface area contributed by atoms with Crippen LogP contribution in [0.15, 0.2) is 0 Å². The molecule has 0 aliphatic carbocycles. The van der Waals surface area contributed by atoms with Crippen LogP contribution in [0.3, 0.4) is 0 Å². The van der Waals surface area contributed by atoms with E-state index >= 15 is 0 Å². The van der Waals surface area contributed by atoms with E-state index in [-0.39, 0.29) is 34.7 Å². The van der Waals surface area contributed by atoms with Crippen LogP contribution in [-0.2, 0) is 22.4 Å². The molecule has 5 N–H and O–H groups in total. The van der Waals surface area contributed by atoms with Crippen molar-refractivity contribution in [2.24, 2.45) is 0 Å². The number of nitrogens with two attached hydrogens (primary N) is 2. The topological polar surface area (TPSA) is 130 Å². The van der Waals surface area contributed by atoms with Gasteiger partial charge in [0.2, 0.25) is 0 Å². The van der Waals surface area contributed by atoms with Crippen LogP contribution in [-0.4, -0.2) is 10.3 Å². The second-order valence-corrected chi connectivity index (χ2v) is 0.238. The van der Waals surface area contributed by atoms with Crippen molar-refractivity contribution in [1.29, 1.82) is 0 Å². The number of hydrogen-bond donors (Lipinski definition) is 1. The predicted molar refractivity (Wildman–Crippen MR) is 19.3 cm³/mol. The second kappa shape index (κ2) is 16.9. The van der Waals surface area contributed by atoms with Gasteiger partial charge in [0.1, 0.15) is 0 Å². The molecule has 0 aromatic carbocycles. The van der Waals surface area contributed by atoms with Crippen LogP contribution >= 0.6 is 0 Å². The summed E-state index contributed by atoms with van der Waals surface area (Å²) >= 11 is 0. The fraction of sp³-hybridized carbons (Fsp3) is 0. The summed E-state index contributed by atoms with van der Waals surface area (Å²) in [5.41, 5.74) is 0. The summed E-state index contributed by atoms with van der Waals surface area (Å²) in [4.78, 5) is 8.36. The van der Waals surface area contributed by atoms with Crippen molar-refractivity contribution in [2.45, 2.75) is 0 Å². The number of nitrogens with zero attached hydrogens (tertiary/aromatic N) is 1. The van der Waals surface area contributed by atoms with Crippen LogP contribution in [0.2, 0.25) is 0 Å². The first-order valence-electron chi connectivity index (χ1n) is 0.565. The Bertz CT molecular complexity index is 33.2. The zero-order chi connectivity index (χ0) is 3.58. The number of hydrogen-bond acceptors (Lipinski definition) is 2. The molecule has 7 heteroatoms. The van der Waals surface area contributed by atoms with Gasteiger partial charge in [-0.05, 0) is 0 Å². The van der Waals surface area contributed by atoms with Gasteiger partial charge >= 0.3 is 0 Å². The first kappa shape index (κ1) is 28.8. The fourth-order valence-electron chi connectivity index (χ4n) is 0. The van der Waals surface area contributed by atoms with Crippen LogP contribution in [0.1, 0.15) is 0 Å². The van der Waals surface area contributed by atoms with E-state index in [1.807, 2.05) is 0 Å². The minimum Gasteiger partial charge on any atom is -0.693 e. The standard InChI is InChI=1S/Ag.HNO3.2H2N/c;2-1(3)4;;/h;(H,2,3,4);2*1H2/q;;2*-1. The van der Waals surface area contributed by atoms with E-state index in [9.17, 15) is 0 Å². The minimum absolute atomic E-state index is 0. The molecule has 0 aromatic rings. The molecule has 0 atom stereocenters. The van der Waals surface area contributed by atoms with Gasteiger partial charge in [0.25, 0.3) is 5.09 Å². The van der Waals surface area contributed by atoms with Crippen molar-refractivity contribution < 1.29 is 32.7 Å². The Morgan fingerprint density at radius 3 is 1.43 bits per heavy atom. The smallest absolute Gasteiger partial charge is 0.291 e. The largest absolute Gasteiger partial charge is 0.693 e. The van der Waals surface area contributed by atoms with Crippen molar-refractivity contribution >= 4 is 0 Å². The van der Waals surface area contributed by atoms with E-state index in [1.165, 1.54) is 0 Å². The zero-order valence-corrected chi connectivity index (χ0v) is 4.65. The molecular formula is H5AgN3O3-2. The number of rotatable bonds is 0. The average molecular weight is 203 g/mol. The molecule has 0 heterocycles. The molecule has 0 aromatic heterocycles. The molecule has 0 amide bonds. The normalized spacial score (nSPS) is 3.43. The molecule has 51 valence electrons. The van der Waals surface area contributed by atoms with Gasteiger partial charge in [-0.15, -0.1) is 10.1 Å².